The van der Waals surface area contributed by atoms with E-state index in [4.69, 9.17) is 4.74 Å². The summed E-state index contributed by atoms with van der Waals surface area (Å²) in [6.45, 7) is 2.92. The number of ether oxygens (including phenoxy) is 1. The van der Waals surface area contributed by atoms with Crippen molar-refractivity contribution in [3.63, 3.8) is 0 Å². The zero-order chi connectivity index (χ0) is 10.9. The SMILES string of the molecule is CCCCCCCC[Se]1CCCOC1=O. The van der Waals surface area contributed by atoms with Gasteiger partial charge in [-0.05, 0) is 0 Å². The van der Waals surface area contributed by atoms with Gasteiger partial charge in [0.1, 0.15) is 0 Å². The van der Waals surface area contributed by atoms with E-state index >= 15 is 0 Å². The Labute approximate surface area is 97.6 Å². The number of cyclic esters (lactones) is 1. The van der Waals surface area contributed by atoms with E-state index in [-0.39, 0.29) is 4.87 Å². The normalized spacial score (nSPS) is 17.8. The van der Waals surface area contributed by atoms with E-state index in [0.717, 1.165) is 6.42 Å². The van der Waals surface area contributed by atoms with Crippen LogP contribution in [-0.4, -0.2) is 25.4 Å². The number of rotatable bonds is 7. The second-order valence-electron chi connectivity index (χ2n) is 4.12. The monoisotopic (exact) mass is 279 g/mol. The topological polar surface area (TPSA) is 26.3 Å². The summed E-state index contributed by atoms with van der Waals surface area (Å²) in [4.78, 5) is 11.6. The molecule has 0 N–H and O–H groups in total. The quantitative estimate of drug-likeness (QED) is 0.520. The van der Waals surface area contributed by atoms with Crippen LogP contribution in [0.25, 0.3) is 0 Å². The predicted molar refractivity (Wildman–Crippen MR) is 64.7 cm³/mol. The molecule has 0 spiro atoms. The van der Waals surface area contributed by atoms with Gasteiger partial charge in [-0.25, -0.2) is 0 Å². The number of hydrogen-bond donors (Lipinski definition) is 0. The molecule has 1 fully saturated rings. The van der Waals surface area contributed by atoms with Crippen molar-refractivity contribution in [2.45, 2.75) is 62.5 Å². The van der Waals surface area contributed by atoms with Crippen LogP contribution in [0.2, 0.25) is 10.6 Å². The van der Waals surface area contributed by atoms with Crippen LogP contribution in [0.1, 0.15) is 51.9 Å². The summed E-state index contributed by atoms with van der Waals surface area (Å²) < 4.78 is 5.10. The molecule has 1 radical (unpaired) electrons. The van der Waals surface area contributed by atoms with Gasteiger partial charge in [-0.2, -0.15) is 0 Å². The summed E-state index contributed by atoms with van der Waals surface area (Å²) in [5, 5.41) is 2.35. The molecule has 1 saturated heterocycles. The van der Waals surface area contributed by atoms with Crippen LogP contribution in [0.15, 0.2) is 0 Å². The van der Waals surface area contributed by atoms with E-state index in [2.05, 4.69) is 6.92 Å². The van der Waals surface area contributed by atoms with Gasteiger partial charge < -0.3 is 0 Å². The van der Waals surface area contributed by atoms with Crippen molar-refractivity contribution in [2.24, 2.45) is 0 Å². The Bertz CT molecular complexity index is 182. The van der Waals surface area contributed by atoms with Gasteiger partial charge in [0.15, 0.2) is 0 Å². The van der Waals surface area contributed by atoms with Crippen LogP contribution in [-0.2, 0) is 4.74 Å². The molecule has 89 valence electrons. The third-order valence-electron chi connectivity index (χ3n) is 2.73. The molecule has 1 heterocycles. The molecule has 15 heavy (non-hydrogen) atoms. The molecule has 0 aromatic rings. The summed E-state index contributed by atoms with van der Waals surface area (Å²) in [6, 6.07) is 0. The average molecular weight is 278 g/mol. The van der Waals surface area contributed by atoms with Crippen LogP contribution in [0.4, 0.5) is 4.79 Å². The Morgan fingerprint density at radius 3 is 2.67 bits per heavy atom. The summed E-state index contributed by atoms with van der Waals surface area (Å²) in [7, 11) is 0. The van der Waals surface area contributed by atoms with Gasteiger partial charge in [-0.15, -0.1) is 0 Å². The number of carbonyl (C=O) groups excluding carboxylic acids is 1. The first kappa shape index (κ1) is 13.1. The summed E-state index contributed by atoms with van der Waals surface area (Å²) in [6.07, 6.45) is 9.07. The minimum atomic E-state index is -1.00. The van der Waals surface area contributed by atoms with Gasteiger partial charge in [0.25, 0.3) is 0 Å². The molecule has 1 rings (SSSR count). The van der Waals surface area contributed by atoms with Crippen molar-refractivity contribution >= 4 is 18.8 Å². The van der Waals surface area contributed by atoms with Gasteiger partial charge >= 0.3 is 97.4 Å². The third-order valence-corrected chi connectivity index (χ3v) is 7.25. The van der Waals surface area contributed by atoms with E-state index < -0.39 is 13.9 Å². The molecule has 0 aliphatic carbocycles. The first-order chi connectivity index (χ1) is 7.34. The van der Waals surface area contributed by atoms with Crippen molar-refractivity contribution in [3.8, 4) is 0 Å². The van der Waals surface area contributed by atoms with Gasteiger partial charge in [0, 0.05) is 0 Å². The molecule has 0 saturated carbocycles. The Morgan fingerprint density at radius 1 is 1.20 bits per heavy atom. The van der Waals surface area contributed by atoms with Gasteiger partial charge in [-0.1, -0.05) is 0 Å². The summed E-state index contributed by atoms with van der Waals surface area (Å²) >= 11 is -1.00. The molecule has 2 nitrogen and oxygen atoms in total. The maximum atomic E-state index is 11.4. The van der Waals surface area contributed by atoms with Crippen LogP contribution < -0.4 is 0 Å². The molecule has 0 aromatic carbocycles. The molecule has 0 bridgehead atoms. The fourth-order valence-electron chi connectivity index (χ4n) is 1.80. The molecule has 1 aliphatic rings. The first-order valence-electron chi connectivity index (χ1n) is 6.19. The van der Waals surface area contributed by atoms with Gasteiger partial charge in [-0.3, -0.25) is 0 Å². The molecule has 3 heteroatoms. The van der Waals surface area contributed by atoms with Gasteiger partial charge in [0.05, 0.1) is 0 Å². The van der Waals surface area contributed by atoms with Gasteiger partial charge in [0.2, 0.25) is 0 Å². The van der Waals surface area contributed by atoms with Crippen LogP contribution in [0.5, 0.6) is 0 Å². The summed E-state index contributed by atoms with van der Waals surface area (Å²) in [5.74, 6) is 0. The molecule has 0 atom stereocenters. The van der Waals surface area contributed by atoms with E-state index in [1.165, 1.54) is 49.2 Å². The standard InChI is InChI=1S/C12H23O2Se/c1-2-3-4-5-6-7-10-15-11-8-9-14-12(15)13/h2-11H2,1H3. The summed E-state index contributed by atoms with van der Waals surface area (Å²) in [5.41, 5.74) is 0. The zero-order valence-corrected chi connectivity index (χ0v) is 11.5. The molecular formula is C12H23O2Se. The molecule has 1 aliphatic heterocycles. The molecular weight excluding hydrogens is 255 g/mol. The fourth-order valence-corrected chi connectivity index (χ4v) is 5.59. The molecule has 0 aromatic heterocycles. The minimum absolute atomic E-state index is 0.176. The van der Waals surface area contributed by atoms with Crippen molar-refractivity contribution in [1.29, 1.82) is 0 Å². The molecule has 0 unspecified atom stereocenters. The van der Waals surface area contributed by atoms with Crippen LogP contribution >= 0.6 is 0 Å². The third kappa shape index (κ3) is 5.58. The number of carbonyl (C=O) groups is 1. The maximum absolute atomic E-state index is 11.4. The Hall–Kier alpha value is -0.0105. The van der Waals surface area contributed by atoms with Crippen LogP contribution in [0.3, 0.4) is 0 Å². The predicted octanol–water partition coefficient (Wildman–Crippen LogP) is 3.96. The van der Waals surface area contributed by atoms with Crippen molar-refractivity contribution in [2.75, 3.05) is 6.61 Å². The Balaban J connectivity index is 1.96. The van der Waals surface area contributed by atoms with Crippen molar-refractivity contribution in [1.82, 2.24) is 0 Å². The van der Waals surface area contributed by atoms with E-state index in [1.807, 2.05) is 0 Å². The second kappa shape index (κ2) is 8.18. The number of unbranched alkanes of at least 4 members (excludes halogenated alkanes) is 5. The fraction of sp³-hybridized carbons (Fsp3) is 0.917. The number of hydrogen-bond acceptors (Lipinski definition) is 2. The van der Waals surface area contributed by atoms with E-state index in [0.29, 0.717) is 6.61 Å². The second-order valence-corrected chi connectivity index (χ2v) is 8.60. The van der Waals surface area contributed by atoms with Crippen molar-refractivity contribution in [3.05, 3.63) is 0 Å². The van der Waals surface area contributed by atoms with E-state index in [9.17, 15) is 4.79 Å². The van der Waals surface area contributed by atoms with Crippen molar-refractivity contribution < 1.29 is 9.53 Å². The zero-order valence-electron chi connectivity index (χ0n) is 9.80. The van der Waals surface area contributed by atoms with E-state index in [1.54, 1.807) is 0 Å². The first-order valence-corrected chi connectivity index (χ1v) is 9.46. The molecule has 0 amide bonds. The average Bonchev–Trinajstić information content (AvgIpc) is 2.25. The Morgan fingerprint density at radius 2 is 1.93 bits per heavy atom. The Kier molecular flexibility index (Phi) is 7.12. The van der Waals surface area contributed by atoms with Crippen LogP contribution in [0, 0.1) is 0 Å².